The Hall–Kier alpha value is -3.30. The molecule has 0 radical (unpaired) electrons. The molecule has 0 saturated heterocycles. The van der Waals surface area contributed by atoms with E-state index in [2.05, 4.69) is 0 Å². The van der Waals surface area contributed by atoms with Crippen LogP contribution in [-0.4, -0.2) is 70.7 Å². The molecule has 2 heterocycles. The van der Waals surface area contributed by atoms with E-state index in [1.165, 1.54) is 0 Å². The molecule has 2 bridgehead atoms. The van der Waals surface area contributed by atoms with Crippen LogP contribution in [0.2, 0.25) is 0 Å². The van der Waals surface area contributed by atoms with Gasteiger partial charge in [-0.3, -0.25) is 38.6 Å². The zero-order chi connectivity index (χ0) is 22.6. The molecule has 2 aliphatic heterocycles. The second-order valence-corrected chi connectivity index (χ2v) is 9.03. The first kappa shape index (κ1) is 20.6. The third-order valence-corrected chi connectivity index (χ3v) is 7.32. The molecule has 6 unspecified atom stereocenters. The molecular formula is C22H22N2O8. The SMILES string of the molecule is O=C(CN1C(=O)C=CC1=O)OC1CC2C3CC(OC(=O)CN4C(=O)C=CC4=O)C(C3)C2C1. The fraction of sp³-hybridized carbons (Fsp3) is 0.545. The zero-order valence-electron chi connectivity index (χ0n) is 17.2. The van der Waals surface area contributed by atoms with E-state index in [4.69, 9.17) is 9.47 Å². The highest BCUT2D eigenvalue weighted by Crippen LogP contribution is 2.59. The van der Waals surface area contributed by atoms with E-state index in [0.717, 1.165) is 53.4 Å². The Morgan fingerprint density at radius 1 is 0.688 bits per heavy atom. The minimum absolute atomic E-state index is 0.159. The molecule has 0 aromatic carbocycles. The van der Waals surface area contributed by atoms with Gasteiger partial charge in [-0.15, -0.1) is 0 Å². The first-order valence-corrected chi connectivity index (χ1v) is 10.8. The van der Waals surface area contributed by atoms with E-state index in [0.29, 0.717) is 18.3 Å². The van der Waals surface area contributed by atoms with Gasteiger partial charge < -0.3 is 9.47 Å². The molecule has 10 nitrogen and oxygen atoms in total. The van der Waals surface area contributed by atoms with E-state index >= 15 is 0 Å². The number of nitrogens with zero attached hydrogens (tertiary/aromatic N) is 2. The van der Waals surface area contributed by atoms with Crippen molar-refractivity contribution in [2.45, 2.75) is 37.9 Å². The van der Waals surface area contributed by atoms with Crippen molar-refractivity contribution in [2.75, 3.05) is 13.1 Å². The highest BCUT2D eigenvalue weighted by molar-refractivity contribution is 6.14. The van der Waals surface area contributed by atoms with Crippen LogP contribution in [0.1, 0.15) is 25.7 Å². The van der Waals surface area contributed by atoms with E-state index in [1.807, 2.05) is 0 Å². The van der Waals surface area contributed by atoms with Crippen LogP contribution in [0.3, 0.4) is 0 Å². The summed E-state index contributed by atoms with van der Waals surface area (Å²) in [5.74, 6) is -2.11. The van der Waals surface area contributed by atoms with Crippen molar-refractivity contribution < 1.29 is 38.2 Å². The average molecular weight is 442 g/mol. The molecule has 4 amide bonds. The zero-order valence-corrected chi connectivity index (χ0v) is 17.2. The molecule has 5 aliphatic rings. The Bertz CT molecular complexity index is 948. The summed E-state index contributed by atoms with van der Waals surface area (Å²) in [4.78, 5) is 72.7. The second kappa shape index (κ2) is 7.68. The number of carbonyl (C=O) groups is 6. The summed E-state index contributed by atoms with van der Waals surface area (Å²) < 4.78 is 11.2. The van der Waals surface area contributed by atoms with Crippen LogP contribution in [0.5, 0.6) is 0 Å². The van der Waals surface area contributed by atoms with E-state index in [9.17, 15) is 28.8 Å². The molecule has 0 spiro atoms. The fourth-order valence-electron chi connectivity index (χ4n) is 6.05. The number of carbonyl (C=O) groups excluding carboxylic acids is 6. The third-order valence-electron chi connectivity index (χ3n) is 7.32. The Labute approximate surface area is 183 Å². The van der Waals surface area contributed by atoms with Crippen molar-refractivity contribution >= 4 is 35.6 Å². The van der Waals surface area contributed by atoms with Gasteiger partial charge in [-0.05, 0) is 49.4 Å². The van der Waals surface area contributed by atoms with E-state index < -0.39 is 48.7 Å². The lowest BCUT2D eigenvalue weighted by Gasteiger charge is -2.31. The van der Waals surface area contributed by atoms with Gasteiger partial charge in [-0.1, -0.05) is 0 Å². The standard InChI is InChI=1S/C22H22N2O8/c25-17-1-2-18(26)23(17)9-21(29)31-12-7-13-11-5-15(14(13)8-12)16(6-11)32-22(30)10-24-19(27)3-4-20(24)28/h1-4,11-16H,5-10H2. The minimum atomic E-state index is -0.607. The maximum absolute atomic E-state index is 12.3. The topological polar surface area (TPSA) is 127 Å². The summed E-state index contributed by atoms with van der Waals surface area (Å²) in [5, 5.41) is 0. The second-order valence-electron chi connectivity index (χ2n) is 9.03. The van der Waals surface area contributed by atoms with Crippen LogP contribution in [-0.2, 0) is 38.2 Å². The number of esters is 2. The van der Waals surface area contributed by atoms with Gasteiger partial charge in [0.15, 0.2) is 0 Å². The third kappa shape index (κ3) is 3.53. The summed E-state index contributed by atoms with van der Waals surface area (Å²) in [6.45, 7) is -0.790. The van der Waals surface area contributed by atoms with Crippen LogP contribution >= 0.6 is 0 Å². The van der Waals surface area contributed by atoms with Crippen LogP contribution < -0.4 is 0 Å². The lowest BCUT2D eigenvalue weighted by Crippen LogP contribution is -2.39. The first-order valence-electron chi connectivity index (χ1n) is 10.8. The van der Waals surface area contributed by atoms with Crippen molar-refractivity contribution in [3.8, 4) is 0 Å². The maximum atomic E-state index is 12.3. The summed E-state index contributed by atoms with van der Waals surface area (Å²) in [5.41, 5.74) is 0. The minimum Gasteiger partial charge on any atom is -0.461 e. The molecule has 0 aromatic rings. The van der Waals surface area contributed by atoms with Crippen molar-refractivity contribution in [2.24, 2.45) is 23.7 Å². The number of imide groups is 2. The number of hydrogen-bond acceptors (Lipinski definition) is 8. The van der Waals surface area contributed by atoms with Gasteiger partial charge in [-0.2, -0.15) is 0 Å². The lowest BCUT2D eigenvalue weighted by molar-refractivity contribution is -0.158. The monoisotopic (exact) mass is 442 g/mol. The molecular weight excluding hydrogens is 420 g/mol. The Morgan fingerprint density at radius 2 is 1.19 bits per heavy atom. The van der Waals surface area contributed by atoms with E-state index in [-0.39, 0.29) is 24.0 Å². The Morgan fingerprint density at radius 3 is 1.75 bits per heavy atom. The summed E-state index contributed by atoms with van der Waals surface area (Å²) in [6.07, 6.45) is 6.99. The predicted octanol–water partition coefficient (Wildman–Crippen LogP) is -0.274. The molecule has 5 rings (SSSR count). The Balaban J connectivity index is 1.12. The highest BCUT2D eigenvalue weighted by atomic mass is 16.6. The fourth-order valence-corrected chi connectivity index (χ4v) is 6.05. The molecule has 168 valence electrons. The lowest BCUT2D eigenvalue weighted by atomic mass is 9.80. The van der Waals surface area contributed by atoms with Crippen molar-refractivity contribution in [1.82, 2.24) is 9.80 Å². The van der Waals surface area contributed by atoms with Crippen LogP contribution in [0.4, 0.5) is 0 Å². The average Bonchev–Trinajstić information content (AvgIpc) is 3.52. The molecule has 3 saturated carbocycles. The molecule has 0 aromatic heterocycles. The molecule has 3 aliphatic carbocycles. The van der Waals surface area contributed by atoms with Gasteiger partial charge in [0.05, 0.1) is 0 Å². The number of fused-ring (bicyclic) bond motifs is 5. The molecule has 6 atom stereocenters. The number of rotatable bonds is 6. The predicted molar refractivity (Wildman–Crippen MR) is 104 cm³/mol. The molecule has 3 fully saturated rings. The number of amides is 4. The van der Waals surface area contributed by atoms with Crippen molar-refractivity contribution in [1.29, 1.82) is 0 Å². The van der Waals surface area contributed by atoms with Crippen LogP contribution in [0.15, 0.2) is 24.3 Å². The summed E-state index contributed by atoms with van der Waals surface area (Å²) in [6, 6.07) is 0. The Kier molecular flexibility index (Phi) is 4.94. The van der Waals surface area contributed by atoms with E-state index in [1.54, 1.807) is 0 Å². The number of ether oxygens (including phenoxy) is 2. The van der Waals surface area contributed by atoms with Gasteiger partial charge in [-0.25, -0.2) is 0 Å². The smallest absolute Gasteiger partial charge is 0.326 e. The molecule has 0 N–H and O–H groups in total. The van der Waals surface area contributed by atoms with Gasteiger partial charge in [0.25, 0.3) is 23.6 Å². The first-order chi connectivity index (χ1) is 15.3. The van der Waals surface area contributed by atoms with Crippen LogP contribution in [0, 0.1) is 23.7 Å². The maximum Gasteiger partial charge on any atom is 0.326 e. The van der Waals surface area contributed by atoms with Gasteiger partial charge in [0, 0.05) is 24.3 Å². The van der Waals surface area contributed by atoms with Crippen LogP contribution in [0.25, 0.3) is 0 Å². The largest absolute Gasteiger partial charge is 0.461 e. The quantitative estimate of drug-likeness (QED) is 0.406. The molecule has 32 heavy (non-hydrogen) atoms. The highest BCUT2D eigenvalue weighted by Gasteiger charge is 2.58. The van der Waals surface area contributed by atoms with Crippen molar-refractivity contribution in [3.05, 3.63) is 24.3 Å². The number of hydrogen-bond donors (Lipinski definition) is 0. The summed E-state index contributed by atoms with van der Waals surface area (Å²) in [7, 11) is 0. The normalized spacial score (nSPS) is 34.8. The van der Waals surface area contributed by atoms with Crippen molar-refractivity contribution in [3.63, 3.8) is 0 Å². The van der Waals surface area contributed by atoms with Gasteiger partial charge in [0.1, 0.15) is 25.3 Å². The van der Waals surface area contributed by atoms with Gasteiger partial charge >= 0.3 is 11.9 Å². The van der Waals surface area contributed by atoms with Gasteiger partial charge in [0.2, 0.25) is 0 Å². The molecule has 10 heteroatoms. The summed E-state index contributed by atoms with van der Waals surface area (Å²) >= 11 is 0.